The maximum atomic E-state index is 13.3. The standard InChI is InChI=1S/C18H27F7O4/c1-5-15(2,3)14(26)29-11-7-9(16(4,27)12(19)20)6-10(8-11)17(28,13(21)22)18(23,24)25/h9-13,27-28H,5-8H2,1-4H3. The van der Waals surface area contributed by atoms with Crippen LogP contribution in [0.25, 0.3) is 0 Å². The predicted molar refractivity (Wildman–Crippen MR) is 88.4 cm³/mol. The number of hydrogen-bond acceptors (Lipinski definition) is 4. The molecule has 0 saturated heterocycles. The van der Waals surface area contributed by atoms with E-state index in [0.29, 0.717) is 13.3 Å². The van der Waals surface area contributed by atoms with E-state index in [-0.39, 0.29) is 0 Å². The molecule has 5 atom stereocenters. The number of alkyl halides is 7. The summed E-state index contributed by atoms with van der Waals surface area (Å²) in [6.07, 6.45) is -16.8. The molecule has 1 aliphatic rings. The highest BCUT2D eigenvalue weighted by Crippen LogP contribution is 2.50. The van der Waals surface area contributed by atoms with Crippen molar-refractivity contribution in [2.24, 2.45) is 17.3 Å². The Morgan fingerprint density at radius 2 is 1.45 bits per heavy atom. The fourth-order valence-electron chi connectivity index (χ4n) is 3.37. The van der Waals surface area contributed by atoms with Crippen LogP contribution in [0.1, 0.15) is 53.4 Å². The van der Waals surface area contributed by atoms with Gasteiger partial charge in [0, 0.05) is 5.92 Å². The van der Waals surface area contributed by atoms with E-state index in [1.807, 2.05) is 0 Å². The lowest BCUT2D eigenvalue weighted by molar-refractivity contribution is -0.326. The van der Waals surface area contributed by atoms with E-state index in [1.165, 1.54) is 13.8 Å². The lowest BCUT2D eigenvalue weighted by atomic mass is 9.66. The van der Waals surface area contributed by atoms with E-state index in [1.54, 1.807) is 6.92 Å². The smallest absolute Gasteiger partial charge is 0.423 e. The molecule has 0 heterocycles. The minimum absolute atomic E-state index is 0.295. The number of carbonyl (C=O) groups is 1. The molecule has 1 aliphatic carbocycles. The Hall–Kier alpha value is -1.10. The van der Waals surface area contributed by atoms with Crippen molar-refractivity contribution >= 4 is 5.97 Å². The molecule has 0 aromatic carbocycles. The molecule has 5 unspecified atom stereocenters. The van der Waals surface area contributed by atoms with Crippen molar-refractivity contribution in [1.29, 1.82) is 0 Å². The molecule has 0 radical (unpaired) electrons. The van der Waals surface area contributed by atoms with Gasteiger partial charge in [0.2, 0.25) is 5.60 Å². The summed E-state index contributed by atoms with van der Waals surface area (Å²) >= 11 is 0. The molecule has 1 fully saturated rings. The van der Waals surface area contributed by atoms with Gasteiger partial charge >= 0.3 is 12.1 Å². The first-order valence-electron chi connectivity index (χ1n) is 9.20. The average Bonchev–Trinajstić information content (AvgIpc) is 2.59. The zero-order valence-corrected chi connectivity index (χ0v) is 16.6. The molecule has 0 amide bonds. The largest absolute Gasteiger partial charge is 0.462 e. The third-order valence-electron chi connectivity index (χ3n) is 6.05. The summed E-state index contributed by atoms with van der Waals surface area (Å²) in [6, 6.07) is 0. The number of esters is 1. The van der Waals surface area contributed by atoms with Gasteiger partial charge in [-0.15, -0.1) is 0 Å². The zero-order valence-electron chi connectivity index (χ0n) is 16.6. The number of carbonyl (C=O) groups excluding carboxylic acids is 1. The zero-order chi connectivity index (χ0) is 23.0. The van der Waals surface area contributed by atoms with Crippen LogP contribution in [0, 0.1) is 17.3 Å². The van der Waals surface area contributed by atoms with Crippen molar-refractivity contribution in [3.05, 3.63) is 0 Å². The van der Waals surface area contributed by atoms with Crippen molar-refractivity contribution in [3.63, 3.8) is 0 Å². The van der Waals surface area contributed by atoms with Crippen LogP contribution in [-0.2, 0) is 9.53 Å². The van der Waals surface area contributed by atoms with Gasteiger partial charge in [-0.1, -0.05) is 6.92 Å². The third-order valence-corrected chi connectivity index (χ3v) is 6.05. The van der Waals surface area contributed by atoms with Crippen LogP contribution in [0.15, 0.2) is 0 Å². The highest BCUT2D eigenvalue weighted by atomic mass is 19.4. The molecule has 172 valence electrons. The predicted octanol–water partition coefficient (Wildman–Crippen LogP) is 4.33. The molecule has 2 N–H and O–H groups in total. The van der Waals surface area contributed by atoms with E-state index in [2.05, 4.69) is 0 Å². The monoisotopic (exact) mass is 440 g/mol. The van der Waals surface area contributed by atoms with Gasteiger partial charge in [0.1, 0.15) is 11.7 Å². The van der Waals surface area contributed by atoms with Crippen LogP contribution < -0.4 is 0 Å². The summed E-state index contributed by atoms with van der Waals surface area (Å²) in [5, 5.41) is 19.9. The molecule has 0 spiro atoms. The van der Waals surface area contributed by atoms with Crippen LogP contribution in [0.5, 0.6) is 0 Å². The lowest BCUT2D eigenvalue weighted by Gasteiger charge is -2.46. The molecule has 0 bridgehead atoms. The normalized spacial score (nSPS) is 28.2. The summed E-state index contributed by atoms with van der Waals surface area (Å²) in [5.41, 5.74) is -8.36. The summed E-state index contributed by atoms with van der Waals surface area (Å²) in [6.45, 7) is 5.31. The first-order valence-corrected chi connectivity index (χ1v) is 9.20. The quantitative estimate of drug-likeness (QED) is 0.457. The third kappa shape index (κ3) is 5.15. The minimum atomic E-state index is -5.76. The Labute approximate surface area is 164 Å². The molecule has 1 saturated carbocycles. The number of aliphatic hydroxyl groups is 2. The van der Waals surface area contributed by atoms with Crippen LogP contribution in [0.2, 0.25) is 0 Å². The lowest BCUT2D eigenvalue weighted by Crippen LogP contribution is -2.60. The summed E-state index contributed by atoms with van der Waals surface area (Å²) < 4.78 is 98.2. The minimum Gasteiger partial charge on any atom is -0.462 e. The van der Waals surface area contributed by atoms with Crippen molar-refractivity contribution in [1.82, 2.24) is 0 Å². The van der Waals surface area contributed by atoms with Crippen molar-refractivity contribution in [2.75, 3.05) is 0 Å². The molecule has 4 nitrogen and oxygen atoms in total. The van der Waals surface area contributed by atoms with Crippen LogP contribution in [0.4, 0.5) is 30.7 Å². The van der Waals surface area contributed by atoms with E-state index in [0.717, 1.165) is 0 Å². The van der Waals surface area contributed by atoms with Crippen LogP contribution >= 0.6 is 0 Å². The number of hydrogen-bond donors (Lipinski definition) is 2. The van der Waals surface area contributed by atoms with Gasteiger partial charge in [-0.2, -0.15) is 13.2 Å². The summed E-state index contributed by atoms with van der Waals surface area (Å²) in [5.74, 6) is -4.71. The summed E-state index contributed by atoms with van der Waals surface area (Å²) in [7, 11) is 0. The SMILES string of the molecule is CCC(C)(C)C(=O)OC1CC(C(C)(O)C(F)F)CC(C(O)(C(F)F)C(F)(F)F)C1. The Kier molecular flexibility index (Phi) is 7.66. The average molecular weight is 440 g/mol. The van der Waals surface area contributed by atoms with E-state index in [4.69, 9.17) is 4.74 Å². The molecule has 29 heavy (non-hydrogen) atoms. The molecule has 11 heteroatoms. The maximum Gasteiger partial charge on any atom is 0.423 e. The summed E-state index contributed by atoms with van der Waals surface area (Å²) in [4.78, 5) is 12.3. The van der Waals surface area contributed by atoms with Gasteiger partial charge in [0.05, 0.1) is 5.41 Å². The van der Waals surface area contributed by atoms with Gasteiger partial charge in [0.15, 0.2) is 0 Å². The van der Waals surface area contributed by atoms with Crippen molar-refractivity contribution in [3.8, 4) is 0 Å². The highest BCUT2D eigenvalue weighted by molar-refractivity contribution is 5.76. The van der Waals surface area contributed by atoms with E-state index < -0.39 is 78.8 Å². The molecule has 0 aromatic rings. The van der Waals surface area contributed by atoms with Gasteiger partial charge in [-0.3, -0.25) is 4.79 Å². The molecule has 1 rings (SSSR count). The molecule has 0 aromatic heterocycles. The van der Waals surface area contributed by atoms with Gasteiger partial charge in [0.25, 0.3) is 12.9 Å². The first kappa shape index (κ1) is 25.9. The maximum absolute atomic E-state index is 13.3. The van der Waals surface area contributed by atoms with E-state index >= 15 is 0 Å². The molecule has 0 aliphatic heterocycles. The van der Waals surface area contributed by atoms with Crippen LogP contribution in [-0.4, -0.2) is 52.5 Å². The Morgan fingerprint density at radius 3 is 1.83 bits per heavy atom. The molecular formula is C18H27F7O4. The second kappa shape index (κ2) is 8.56. The second-order valence-electron chi connectivity index (χ2n) is 8.52. The van der Waals surface area contributed by atoms with Gasteiger partial charge in [-0.05, 0) is 52.4 Å². The van der Waals surface area contributed by atoms with Crippen LogP contribution in [0.3, 0.4) is 0 Å². The van der Waals surface area contributed by atoms with Gasteiger partial charge < -0.3 is 14.9 Å². The Balaban J connectivity index is 3.32. The number of halogens is 7. The van der Waals surface area contributed by atoms with Crippen molar-refractivity contribution in [2.45, 2.75) is 89.7 Å². The first-order chi connectivity index (χ1) is 12.9. The second-order valence-corrected chi connectivity index (χ2v) is 8.52. The fourth-order valence-corrected chi connectivity index (χ4v) is 3.37. The number of ether oxygens (including phenoxy) is 1. The van der Waals surface area contributed by atoms with E-state index in [9.17, 15) is 45.7 Å². The Morgan fingerprint density at radius 1 is 0.966 bits per heavy atom. The fraction of sp³-hybridized carbons (Fsp3) is 0.944. The number of rotatable bonds is 7. The molecular weight excluding hydrogens is 413 g/mol. The topological polar surface area (TPSA) is 66.8 Å². The Bertz CT molecular complexity index is 577. The highest BCUT2D eigenvalue weighted by Gasteiger charge is 2.66. The van der Waals surface area contributed by atoms with Crippen molar-refractivity contribution < 1.29 is 50.5 Å². The van der Waals surface area contributed by atoms with Gasteiger partial charge in [-0.25, -0.2) is 17.6 Å².